The quantitative estimate of drug-likeness (QED) is 0.784. The van der Waals surface area contributed by atoms with Crippen molar-refractivity contribution in [2.45, 2.75) is 38.6 Å². The van der Waals surface area contributed by atoms with Crippen molar-refractivity contribution in [3.8, 4) is 0 Å². The molecule has 1 saturated carbocycles. The summed E-state index contributed by atoms with van der Waals surface area (Å²) in [6, 6.07) is -0.152. The lowest BCUT2D eigenvalue weighted by Crippen LogP contribution is -2.36. The molecule has 18 heavy (non-hydrogen) atoms. The maximum absolute atomic E-state index is 11.7. The number of amides is 2. The predicted molar refractivity (Wildman–Crippen MR) is 68.2 cm³/mol. The normalized spacial score (nSPS) is 15.6. The molecule has 3 N–H and O–H groups in total. The third-order valence-electron chi connectivity index (χ3n) is 2.99. The van der Waals surface area contributed by atoms with Gasteiger partial charge in [-0.1, -0.05) is 12.8 Å². The SMILES string of the molecule is Cc1nsc(NC(=O)NC2CCCC2)c1C(=O)O. The number of urea groups is 1. The van der Waals surface area contributed by atoms with Gasteiger partial charge in [-0.15, -0.1) is 0 Å². The molecule has 0 bridgehead atoms. The highest BCUT2D eigenvalue weighted by Crippen LogP contribution is 2.24. The fourth-order valence-electron chi connectivity index (χ4n) is 2.10. The summed E-state index contributed by atoms with van der Waals surface area (Å²) in [6.07, 6.45) is 4.23. The Morgan fingerprint density at radius 1 is 1.39 bits per heavy atom. The molecular formula is C11H15N3O3S. The predicted octanol–water partition coefficient (Wildman–Crippen LogP) is 2.21. The van der Waals surface area contributed by atoms with Crippen LogP contribution in [0.1, 0.15) is 41.7 Å². The zero-order valence-corrected chi connectivity index (χ0v) is 10.8. The number of nitrogens with one attached hydrogen (secondary N) is 2. The molecule has 1 aromatic heterocycles. The summed E-state index contributed by atoms with van der Waals surface area (Å²) in [6.45, 7) is 1.61. The topological polar surface area (TPSA) is 91.3 Å². The molecule has 0 aliphatic heterocycles. The Hall–Kier alpha value is -1.63. The second kappa shape index (κ2) is 5.34. The Kier molecular flexibility index (Phi) is 3.81. The van der Waals surface area contributed by atoms with Crippen molar-refractivity contribution in [3.63, 3.8) is 0 Å². The fourth-order valence-corrected chi connectivity index (χ4v) is 2.89. The zero-order chi connectivity index (χ0) is 13.1. The third-order valence-corrected chi connectivity index (χ3v) is 3.85. The summed E-state index contributed by atoms with van der Waals surface area (Å²) in [5.41, 5.74) is 0.491. The molecule has 0 radical (unpaired) electrons. The van der Waals surface area contributed by atoms with Crippen molar-refractivity contribution in [2.24, 2.45) is 0 Å². The monoisotopic (exact) mass is 269 g/mol. The van der Waals surface area contributed by atoms with Crippen LogP contribution in [0, 0.1) is 6.92 Å². The lowest BCUT2D eigenvalue weighted by molar-refractivity contribution is 0.0697. The van der Waals surface area contributed by atoms with E-state index >= 15 is 0 Å². The van der Waals surface area contributed by atoms with Crippen LogP contribution in [0.3, 0.4) is 0 Å². The minimum atomic E-state index is -1.07. The highest BCUT2D eigenvalue weighted by Gasteiger charge is 2.21. The molecule has 6 nitrogen and oxygen atoms in total. The number of rotatable bonds is 3. The van der Waals surface area contributed by atoms with E-state index in [1.54, 1.807) is 6.92 Å². The van der Waals surface area contributed by atoms with Crippen LogP contribution >= 0.6 is 11.5 Å². The molecule has 1 fully saturated rings. The van der Waals surface area contributed by atoms with E-state index in [0.29, 0.717) is 5.69 Å². The number of hydrogen-bond donors (Lipinski definition) is 3. The number of hydrogen-bond acceptors (Lipinski definition) is 4. The molecule has 0 atom stereocenters. The van der Waals surface area contributed by atoms with E-state index in [-0.39, 0.29) is 22.6 Å². The van der Waals surface area contributed by atoms with E-state index in [2.05, 4.69) is 15.0 Å². The van der Waals surface area contributed by atoms with Crippen molar-refractivity contribution < 1.29 is 14.7 Å². The van der Waals surface area contributed by atoms with Crippen molar-refractivity contribution >= 4 is 28.5 Å². The number of anilines is 1. The highest BCUT2D eigenvalue weighted by molar-refractivity contribution is 7.11. The molecule has 7 heteroatoms. The van der Waals surface area contributed by atoms with E-state index in [9.17, 15) is 9.59 Å². The second-order valence-corrected chi connectivity index (χ2v) is 5.13. The van der Waals surface area contributed by atoms with E-state index in [1.165, 1.54) is 0 Å². The van der Waals surface area contributed by atoms with Gasteiger partial charge in [-0.25, -0.2) is 9.59 Å². The van der Waals surface area contributed by atoms with Gasteiger partial charge in [-0.2, -0.15) is 4.37 Å². The third kappa shape index (κ3) is 2.79. The number of carbonyl (C=O) groups is 2. The number of aryl methyl sites for hydroxylation is 1. The minimum absolute atomic E-state index is 0.0709. The van der Waals surface area contributed by atoms with Gasteiger partial charge >= 0.3 is 12.0 Å². The van der Waals surface area contributed by atoms with Gasteiger partial charge in [0.15, 0.2) is 0 Å². The first-order valence-electron chi connectivity index (χ1n) is 5.85. The largest absolute Gasteiger partial charge is 0.478 e. The summed E-state index contributed by atoms with van der Waals surface area (Å²) in [5, 5.41) is 14.7. The van der Waals surface area contributed by atoms with E-state index in [0.717, 1.165) is 37.2 Å². The molecule has 0 aromatic carbocycles. The van der Waals surface area contributed by atoms with Crippen molar-refractivity contribution in [1.29, 1.82) is 0 Å². The first-order chi connectivity index (χ1) is 8.58. The maximum Gasteiger partial charge on any atom is 0.340 e. The smallest absolute Gasteiger partial charge is 0.340 e. The maximum atomic E-state index is 11.7. The molecule has 1 aliphatic carbocycles. The van der Waals surface area contributed by atoms with Crippen LogP contribution in [-0.2, 0) is 0 Å². The van der Waals surface area contributed by atoms with Gasteiger partial charge in [0, 0.05) is 6.04 Å². The summed E-state index contributed by atoms with van der Waals surface area (Å²) in [5.74, 6) is -1.07. The molecule has 98 valence electrons. The van der Waals surface area contributed by atoms with Crippen molar-refractivity contribution in [3.05, 3.63) is 11.3 Å². The highest BCUT2D eigenvalue weighted by atomic mass is 32.1. The molecule has 0 unspecified atom stereocenters. The lowest BCUT2D eigenvalue weighted by atomic mass is 10.2. The second-order valence-electron chi connectivity index (χ2n) is 4.36. The Bertz CT molecular complexity index is 466. The number of aromatic carboxylic acids is 1. The number of carboxylic acids is 1. The molecular weight excluding hydrogens is 254 g/mol. The molecule has 1 aromatic rings. The Balaban J connectivity index is 2.00. The van der Waals surface area contributed by atoms with Gasteiger partial charge in [0.25, 0.3) is 0 Å². The van der Waals surface area contributed by atoms with Crippen molar-refractivity contribution in [1.82, 2.24) is 9.69 Å². The minimum Gasteiger partial charge on any atom is -0.478 e. The van der Waals surface area contributed by atoms with Gasteiger partial charge in [-0.3, -0.25) is 5.32 Å². The summed E-state index contributed by atoms with van der Waals surface area (Å²) in [4.78, 5) is 22.7. The number of carboxylic acid groups (broad SMARTS) is 1. The van der Waals surface area contributed by atoms with Gasteiger partial charge in [0.05, 0.1) is 5.69 Å². The van der Waals surface area contributed by atoms with Crippen LogP contribution < -0.4 is 10.6 Å². The molecule has 0 saturated heterocycles. The molecule has 1 aliphatic rings. The first kappa shape index (κ1) is 12.8. The van der Waals surface area contributed by atoms with Crippen LogP contribution in [0.25, 0.3) is 0 Å². The number of nitrogens with zero attached hydrogens (tertiary/aromatic N) is 1. The average Bonchev–Trinajstić information content (AvgIpc) is 2.88. The zero-order valence-electron chi connectivity index (χ0n) is 10.0. The molecule has 2 amide bonds. The van der Waals surface area contributed by atoms with Crippen LogP contribution in [-0.4, -0.2) is 27.5 Å². The van der Waals surface area contributed by atoms with Crippen molar-refractivity contribution in [2.75, 3.05) is 5.32 Å². The first-order valence-corrected chi connectivity index (χ1v) is 6.62. The van der Waals surface area contributed by atoms with E-state index in [4.69, 9.17) is 5.11 Å². The van der Waals surface area contributed by atoms with Gasteiger partial charge in [0.1, 0.15) is 10.6 Å². The summed E-state index contributed by atoms with van der Waals surface area (Å²) in [7, 11) is 0. The average molecular weight is 269 g/mol. The molecule has 1 heterocycles. The van der Waals surface area contributed by atoms with Gasteiger partial charge in [-0.05, 0) is 31.3 Å². The van der Waals surface area contributed by atoms with Crippen LogP contribution in [0.5, 0.6) is 0 Å². The molecule has 2 rings (SSSR count). The number of aromatic nitrogens is 1. The van der Waals surface area contributed by atoms with E-state index in [1.807, 2.05) is 0 Å². The fraction of sp³-hybridized carbons (Fsp3) is 0.545. The van der Waals surface area contributed by atoms with Gasteiger partial charge in [0.2, 0.25) is 0 Å². The Morgan fingerprint density at radius 3 is 2.67 bits per heavy atom. The van der Waals surface area contributed by atoms with Gasteiger partial charge < -0.3 is 10.4 Å². The van der Waals surface area contributed by atoms with Crippen LogP contribution in [0.2, 0.25) is 0 Å². The standard InChI is InChI=1S/C11H15N3O3S/c1-6-8(10(15)16)9(18-14-6)13-11(17)12-7-4-2-3-5-7/h7H,2-5H2,1H3,(H,15,16)(H2,12,13,17). The van der Waals surface area contributed by atoms with Crippen LogP contribution in [0.4, 0.5) is 9.80 Å². The van der Waals surface area contributed by atoms with Crippen LogP contribution in [0.15, 0.2) is 0 Å². The number of carbonyl (C=O) groups excluding carboxylic acids is 1. The Morgan fingerprint density at radius 2 is 2.06 bits per heavy atom. The molecule has 0 spiro atoms. The van der Waals surface area contributed by atoms with E-state index < -0.39 is 5.97 Å². The summed E-state index contributed by atoms with van der Waals surface area (Å²) < 4.78 is 3.94. The Labute approximate surface area is 109 Å². The lowest BCUT2D eigenvalue weighted by Gasteiger charge is -2.12. The summed E-state index contributed by atoms with van der Waals surface area (Å²) >= 11 is 0.988.